The van der Waals surface area contributed by atoms with Crippen LogP contribution in [0.15, 0.2) is 77.8 Å². The van der Waals surface area contributed by atoms with Gasteiger partial charge in [0.2, 0.25) is 5.95 Å². The molecule has 3 aromatic carbocycles. The average Bonchev–Trinajstić information content (AvgIpc) is 2.95. The van der Waals surface area contributed by atoms with Crippen molar-refractivity contribution >= 4 is 56.4 Å². The molecule has 6 bridgehead atoms. The van der Waals surface area contributed by atoms with Gasteiger partial charge < -0.3 is 15.7 Å². The van der Waals surface area contributed by atoms with Crippen LogP contribution in [0.25, 0.3) is 0 Å². The topological polar surface area (TPSA) is 157 Å². The van der Waals surface area contributed by atoms with Gasteiger partial charge in [-0.1, -0.05) is 29.8 Å². The molecule has 1 aliphatic heterocycles. The van der Waals surface area contributed by atoms with Crippen LogP contribution < -0.4 is 15.4 Å². The number of benzene rings is 3. The number of aromatic nitrogens is 2. The number of halogens is 4. The van der Waals surface area contributed by atoms with E-state index >= 15 is 0 Å². The maximum atomic E-state index is 13.1. The van der Waals surface area contributed by atoms with Gasteiger partial charge >= 0.3 is 12.1 Å². The SMILES string of the molecule is N#Cc1cccc(S(=O)(=O)Nc2ccc3cc2CCc2cccc(c2)Nc2ncc(Cl)c(n2)N3)c1.O=C(O)C(F)(F)F. The Morgan fingerprint density at radius 3 is 2.45 bits per heavy atom. The van der Waals surface area contributed by atoms with E-state index in [0.29, 0.717) is 41.0 Å². The van der Waals surface area contributed by atoms with Gasteiger partial charge in [-0.15, -0.1) is 0 Å². The largest absolute Gasteiger partial charge is 0.490 e. The van der Waals surface area contributed by atoms with Gasteiger partial charge in [0.1, 0.15) is 5.02 Å². The fourth-order valence-corrected chi connectivity index (χ4v) is 5.06. The van der Waals surface area contributed by atoms with Crippen LogP contribution in [0.3, 0.4) is 0 Å². The summed E-state index contributed by atoms with van der Waals surface area (Å²) in [7, 11) is -3.90. The molecule has 1 aliphatic rings. The Bertz CT molecular complexity index is 1800. The molecular weight excluding hydrogens is 597 g/mol. The van der Waals surface area contributed by atoms with Gasteiger partial charge in [-0.05, 0) is 72.5 Å². The van der Waals surface area contributed by atoms with E-state index in [9.17, 15) is 21.6 Å². The number of aliphatic carboxylic acids is 1. The van der Waals surface area contributed by atoms with Crippen molar-refractivity contribution in [2.45, 2.75) is 23.9 Å². The molecule has 42 heavy (non-hydrogen) atoms. The van der Waals surface area contributed by atoms with Crippen molar-refractivity contribution in [2.24, 2.45) is 0 Å². The highest BCUT2D eigenvalue weighted by Gasteiger charge is 2.38. The van der Waals surface area contributed by atoms with E-state index < -0.39 is 22.2 Å². The van der Waals surface area contributed by atoms with Crippen molar-refractivity contribution < 1.29 is 31.5 Å². The third kappa shape index (κ3) is 7.65. The smallest absolute Gasteiger partial charge is 0.475 e. The molecule has 0 radical (unpaired) electrons. The van der Waals surface area contributed by atoms with Crippen molar-refractivity contribution in [3.05, 3.63) is 94.6 Å². The van der Waals surface area contributed by atoms with Gasteiger partial charge in [0, 0.05) is 11.4 Å². The molecule has 10 nitrogen and oxygen atoms in total. The molecule has 5 rings (SSSR count). The lowest BCUT2D eigenvalue weighted by molar-refractivity contribution is -0.192. The number of hydrogen-bond donors (Lipinski definition) is 4. The number of fused-ring (bicyclic) bond motifs is 6. The number of aryl methyl sites for hydroxylation is 2. The predicted octanol–water partition coefficient (Wildman–Crippen LogP) is 6.02. The molecule has 15 heteroatoms. The van der Waals surface area contributed by atoms with E-state index in [0.717, 1.165) is 16.8 Å². The molecule has 216 valence electrons. The van der Waals surface area contributed by atoms with Crippen molar-refractivity contribution in [1.82, 2.24) is 9.97 Å². The molecule has 0 unspecified atom stereocenters. The lowest BCUT2D eigenvalue weighted by atomic mass is 10.0. The van der Waals surface area contributed by atoms with Crippen LogP contribution in [-0.4, -0.2) is 35.6 Å². The summed E-state index contributed by atoms with van der Waals surface area (Å²) >= 11 is 6.31. The van der Waals surface area contributed by atoms with Crippen molar-refractivity contribution in [3.8, 4) is 6.07 Å². The Morgan fingerprint density at radius 1 is 1.02 bits per heavy atom. The highest BCUT2D eigenvalue weighted by atomic mass is 35.5. The summed E-state index contributed by atoms with van der Waals surface area (Å²) in [6.45, 7) is 0. The van der Waals surface area contributed by atoms with E-state index in [1.807, 2.05) is 36.4 Å². The normalized spacial score (nSPS) is 12.4. The molecule has 0 saturated carbocycles. The maximum absolute atomic E-state index is 13.1. The minimum Gasteiger partial charge on any atom is -0.475 e. The van der Waals surface area contributed by atoms with Gasteiger partial charge in [0.25, 0.3) is 10.0 Å². The molecule has 0 spiro atoms. The Morgan fingerprint density at radius 2 is 1.74 bits per heavy atom. The number of nitriles is 1. The van der Waals surface area contributed by atoms with Crippen molar-refractivity contribution in [2.75, 3.05) is 15.4 Å². The summed E-state index contributed by atoms with van der Waals surface area (Å²) < 4.78 is 60.6. The number of alkyl halides is 3. The molecule has 0 atom stereocenters. The third-order valence-corrected chi connectivity index (χ3v) is 7.38. The van der Waals surface area contributed by atoms with E-state index in [1.54, 1.807) is 24.3 Å². The fraction of sp³-hybridized carbons (Fsp3) is 0.111. The number of carbonyl (C=O) groups is 1. The zero-order valence-corrected chi connectivity index (χ0v) is 22.8. The Labute approximate surface area is 242 Å². The van der Waals surface area contributed by atoms with Crippen LogP contribution in [-0.2, 0) is 27.7 Å². The Balaban J connectivity index is 0.000000517. The predicted molar refractivity (Wildman–Crippen MR) is 150 cm³/mol. The Hall–Kier alpha value is -4.87. The standard InChI is InChI=1S/C25H19ClN6O2S.C2HF3O2/c26-22-15-28-25-30-19-5-1-3-16(11-19)7-8-18-13-20(29-24(22)31-25)9-10-23(18)32-35(33,34)21-6-2-4-17(12-21)14-27;3-2(4,5)1(6)7/h1-6,9-13,15,32H,7-8H2,(H2,28,29,30,31);(H,6,7). The summed E-state index contributed by atoms with van der Waals surface area (Å²) in [5, 5.41) is 23.0. The van der Waals surface area contributed by atoms with Gasteiger partial charge in [-0.3, -0.25) is 4.72 Å². The fourth-order valence-electron chi connectivity index (χ4n) is 3.78. The quantitative estimate of drug-likeness (QED) is 0.216. The molecule has 4 N–H and O–H groups in total. The third-order valence-electron chi connectivity index (χ3n) is 5.74. The van der Waals surface area contributed by atoms with Gasteiger partial charge in [0.05, 0.1) is 28.4 Å². The molecule has 4 aromatic rings. The van der Waals surface area contributed by atoms with Gasteiger partial charge in [-0.25, -0.2) is 18.2 Å². The van der Waals surface area contributed by atoms with E-state index in [-0.39, 0.29) is 10.5 Å². The second-order valence-electron chi connectivity index (χ2n) is 8.76. The maximum Gasteiger partial charge on any atom is 0.490 e. The second-order valence-corrected chi connectivity index (χ2v) is 10.9. The number of carboxylic acid groups (broad SMARTS) is 1. The Kier molecular flexibility index (Phi) is 8.84. The molecule has 0 aliphatic carbocycles. The minimum absolute atomic E-state index is 0.0228. The first-order chi connectivity index (χ1) is 19.8. The van der Waals surface area contributed by atoms with Crippen molar-refractivity contribution in [3.63, 3.8) is 0 Å². The van der Waals surface area contributed by atoms with Crippen LogP contribution >= 0.6 is 11.6 Å². The second kappa shape index (κ2) is 12.3. The summed E-state index contributed by atoms with van der Waals surface area (Å²) in [6.07, 6.45) is -2.32. The van der Waals surface area contributed by atoms with Crippen LogP contribution in [0.1, 0.15) is 16.7 Å². The summed E-state index contributed by atoms with van der Waals surface area (Å²) in [6, 6.07) is 21.1. The number of anilines is 5. The summed E-state index contributed by atoms with van der Waals surface area (Å²) in [5.41, 5.74) is 4.12. The van der Waals surface area contributed by atoms with E-state index in [1.165, 1.54) is 18.3 Å². The first-order valence-electron chi connectivity index (χ1n) is 12.0. The van der Waals surface area contributed by atoms with E-state index in [4.69, 9.17) is 26.8 Å². The number of hydrogen-bond acceptors (Lipinski definition) is 8. The lowest BCUT2D eigenvalue weighted by Crippen LogP contribution is -2.21. The van der Waals surface area contributed by atoms with E-state index in [2.05, 4.69) is 25.3 Å². The highest BCUT2D eigenvalue weighted by Crippen LogP contribution is 2.30. The zero-order valence-electron chi connectivity index (χ0n) is 21.3. The lowest BCUT2D eigenvalue weighted by Gasteiger charge is -2.15. The van der Waals surface area contributed by atoms with Crippen LogP contribution in [0.2, 0.25) is 5.02 Å². The van der Waals surface area contributed by atoms with Crippen LogP contribution in [0.5, 0.6) is 0 Å². The number of rotatable bonds is 3. The summed E-state index contributed by atoms with van der Waals surface area (Å²) in [4.78, 5) is 17.6. The molecule has 1 aromatic heterocycles. The average molecular weight is 617 g/mol. The highest BCUT2D eigenvalue weighted by molar-refractivity contribution is 7.92. The molecule has 0 saturated heterocycles. The monoisotopic (exact) mass is 616 g/mol. The van der Waals surface area contributed by atoms with Crippen molar-refractivity contribution in [1.29, 1.82) is 5.26 Å². The minimum atomic E-state index is -5.08. The summed E-state index contributed by atoms with van der Waals surface area (Å²) in [5.74, 6) is -1.93. The van der Waals surface area contributed by atoms with Gasteiger partial charge in [-0.2, -0.15) is 23.4 Å². The number of nitrogens with zero attached hydrogens (tertiary/aromatic N) is 3. The molecule has 2 heterocycles. The van der Waals surface area contributed by atoms with Crippen LogP contribution in [0.4, 0.5) is 42.0 Å². The first kappa shape index (κ1) is 30.1. The number of nitrogens with one attached hydrogen (secondary N) is 3. The van der Waals surface area contributed by atoms with Crippen LogP contribution in [0, 0.1) is 11.3 Å². The zero-order chi connectivity index (χ0) is 30.5. The molecular formula is C27H20ClF3N6O4S. The first-order valence-corrected chi connectivity index (χ1v) is 13.8. The molecule has 0 fully saturated rings. The number of sulfonamides is 1. The van der Waals surface area contributed by atoms with Gasteiger partial charge in [0.15, 0.2) is 5.82 Å². The molecule has 0 amide bonds. The number of carboxylic acids is 1.